The number of aryl methyl sites for hydroxylation is 3. The number of aromatic nitrogens is 2. The molecule has 0 fully saturated rings. The first-order valence-corrected chi connectivity index (χ1v) is 12.1. The van der Waals surface area contributed by atoms with Crippen LogP contribution in [0, 0.1) is 6.92 Å². The Morgan fingerprint density at radius 1 is 0.912 bits per heavy atom. The number of hydrogen-bond donors (Lipinski definition) is 1. The fourth-order valence-electron chi connectivity index (χ4n) is 4.08. The van der Waals surface area contributed by atoms with Crippen molar-refractivity contribution in [3.63, 3.8) is 0 Å². The summed E-state index contributed by atoms with van der Waals surface area (Å²) in [5, 5.41) is 3.04. The van der Waals surface area contributed by atoms with Gasteiger partial charge in [-0.3, -0.25) is 4.79 Å². The Kier molecular flexibility index (Phi) is 8.33. The van der Waals surface area contributed by atoms with Gasteiger partial charge >= 0.3 is 0 Å². The van der Waals surface area contributed by atoms with Crippen molar-refractivity contribution in [2.75, 3.05) is 13.2 Å². The van der Waals surface area contributed by atoms with Crippen molar-refractivity contribution in [3.8, 4) is 5.75 Å². The van der Waals surface area contributed by atoms with Gasteiger partial charge in [-0.25, -0.2) is 4.98 Å². The molecule has 0 aliphatic heterocycles. The molecule has 1 heterocycles. The van der Waals surface area contributed by atoms with E-state index >= 15 is 0 Å². The largest absolute Gasteiger partial charge is 0.494 e. The molecule has 4 rings (SSSR count). The summed E-state index contributed by atoms with van der Waals surface area (Å²) in [7, 11) is 0. The predicted molar refractivity (Wildman–Crippen MR) is 137 cm³/mol. The Bertz CT molecular complexity index is 1180. The predicted octanol–water partition coefficient (Wildman–Crippen LogP) is 5.50. The van der Waals surface area contributed by atoms with Crippen LogP contribution in [0.5, 0.6) is 5.75 Å². The lowest BCUT2D eigenvalue weighted by Crippen LogP contribution is -2.26. The number of fused-ring (bicyclic) bond motifs is 1. The number of carbonyl (C=O) groups excluding carboxylic acids is 1. The summed E-state index contributed by atoms with van der Waals surface area (Å²) in [4.78, 5) is 17.1. The van der Waals surface area contributed by atoms with Crippen LogP contribution in [0.3, 0.4) is 0 Å². The summed E-state index contributed by atoms with van der Waals surface area (Å²) in [6.07, 6.45) is 4.12. The van der Waals surface area contributed by atoms with Crippen LogP contribution in [-0.2, 0) is 24.2 Å². The Morgan fingerprint density at radius 2 is 1.68 bits per heavy atom. The Morgan fingerprint density at radius 3 is 2.50 bits per heavy atom. The van der Waals surface area contributed by atoms with E-state index in [9.17, 15) is 4.79 Å². The lowest BCUT2D eigenvalue weighted by atomic mass is 10.1. The molecule has 0 spiro atoms. The number of nitrogens with one attached hydrogen (secondary N) is 1. The van der Waals surface area contributed by atoms with Gasteiger partial charge in [-0.1, -0.05) is 60.2 Å². The minimum absolute atomic E-state index is 0.0632. The third kappa shape index (κ3) is 6.70. The van der Waals surface area contributed by atoms with E-state index < -0.39 is 0 Å². The summed E-state index contributed by atoms with van der Waals surface area (Å²) in [5.74, 6) is 2.07. The lowest BCUT2D eigenvalue weighted by Gasteiger charge is -2.11. The molecule has 0 radical (unpaired) electrons. The van der Waals surface area contributed by atoms with Gasteiger partial charge in [0.05, 0.1) is 24.1 Å². The SMILES string of the molecule is Cc1ccc(OCCCCn2c(CCCNC(=O)Cc3ccccc3)nc3ccccc32)cc1. The highest BCUT2D eigenvalue weighted by Gasteiger charge is 2.10. The molecule has 1 aromatic heterocycles. The summed E-state index contributed by atoms with van der Waals surface area (Å²) >= 11 is 0. The van der Waals surface area contributed by atoms with Crippen molar-refractivity contribution >= 4 is 16.9 Å². The number of ether oxygens (including phenoxy) is 1. The molecule has 0 aliphatic rings. The quantitative estimate of drug-likeness (QED) is 0.287. The number of unbranched alkanes of at least 4 members (excludes halogenated alkanes) is 1. The molecule has 3 aromatic carbocycles. The fraction of sp³-hybridized carbons (Fsp3) is 0.310. The van der Waals surface area contributed by atoms with Crippen molar-refractivity contribution in [3.05, 3.63) is 95.8 Å². The molecule has 5 heteroatoms. The molecule has 0 bridgehead atoms. The van der Waals surface area contributed by atoms with Crippen molar-refractivity contribution in [1.82, 2.24) is 14.9 Å². The molecular formula is C29H33N3O2. The van der Waals surface area contributed by atoms with E-state index in [1.165, 1.54) is 11.1 Å². The van der Waals surface area contributed by atoms with E-state index in [-0.39, 0.29) is 5.91 Å². The number of nitrogens with zero attached hydrogens (tertiary/aromatic N) is 2. The zero-order valence-corrected chi connectivity index (χ0v) is 19.9. The standard InChI is InChI=1S/C29H33N3O2/c1-23-15-17-25(18-16-23)34-21-8-7-20-32-27-13-6-5-12-26(27)31-28(32)14-9-19-30-29(33)22-24-10-3-2-4-11-24/h2-6,10-13,15-18H,7-9,14,19-22H2,1H3,(H,30,33). The summed E-state index contributed by atoms with van der Waals surface area (Å²) in [6.45, 7) is 4.35. The highest BCUT2D eigenvalue weighted by molar-refractivity contribution is 5.78. The second kappa shape index (κ2) is 12.0. The maximum atomic E-state index is 12.2. The molecule has 34 heavy (non-hydrogen) atoms. The monoisotopic (exact) mass is 455 g/mol. The molecular weight excluding hydrogens is 422 g/mol. The van der Waals surface area contributed by atoms with Gasteiger partial charge < -0.3 is 14.6 Å². The van der Waals surface area contributed by atoms with E-state index in [0.717, 1.165) is 54.9 Å². The molecule has 0 saturated carbocycles. The maximum absolute atomic E-state index is 12.2. The highest BCUT2D eigenvalue weighted by Crippen LogP contribution is 2.18. The van der Waals surface area contributed by atoms with Crippen LogP contribution in [0.15, 0.2) is 78.9 Å². The van der Waals surface area contributed by atoms with Gasteiger partial charge in [0.2, 0.25) is 5.91 Å². The number of hydrogen-bond acceptors (Lipinski definition) is 3. The minimum atomic E-state index is 0.0632. The molecule has 1 amide bonds. The van der Waals surface area contributed by atoms with Crippen LogP contribution in [0.25, 0.3) is 11.0 Å². The average molecular weight is 456 g/mol. The number of imidazole rings is 1. The normalized spacial score (nSPS) is 11.0. The van der Waals surface area contributed by atoms with Crippen LogP contribution >= 0.6 is 0 Å². The van der Waals surface area contributed by atoms with Crippen molar-refractivity contribution in [1.29, 1.82) is 0 Å². The zero-order chi connectivity index (χ0) is 23.6. The van der Waals surface area contributed by atoms with Crippen LogP contribution in [0.4, 0.5) is 0 Å². The second-order valence-corrected chi connectivity index (χ2v) is 8.65. The second-order valence-electron chi connectivity index (χ2n) is 8.65. The first-order valence-electron chi connectivity index (χ1n) is 12.1. The molecule has 0 unspecified atom stereocenters. The molecule has 4 aromatic rings. The number of rotatable bonds is 12. The van der Waals surface area contributed by atoms with Crippen LogP contribution < -0.4 is 10.1 Å². The zero-order valence-electron chi connectivity index (χ0n) is 19.9. The van der Waals surface area contributed by atoms with Crippen LogP contribution in [0.1, 0.15) is 36.2 Å². The first kappa shape index (κ1) is 23.6. The van der Waals surface area contributed by atoms with Crippen LogP contribution in [-0.4, -0.2) is 28.6 Å². The smallest absolute Gasteiger partial charge is 0.224 e. The summed E-state index contributed by atoms with van der Waals surface area (Å²) in [5.41, 5.74) is 4.47. The van der Waals surface area contributed by atoms with Gasteiger partial charge in [0.25, 0.3) is 0 Å². The van der Waals surface area contributed by atoms with E-state index in [1.54, 1.807) is 0 Å². The molecule has 0 aliphatic carbocycles. The van der Waals surface area contributed by atoms with Gasteiger partial charge in [0.15, 0.2) is 0 Å². The van der Waals surface area contributed by atoms with E-state index in [2.05, 4.69) is 47.1 Å². The molecule has 5 nitrogen and oxygen atoms in total. The third-order valence-corrected chi connectivity index (χ3v) is 5.91. The van der Waals surface area contributed by atoms with Gasteiger partial charge in [-0.2, -0.15) is 0 Å². The Balaban J connectivity index is 1.25. The summed E-state index contributed by atoms with van der Waals surface area (Å²) in [6, 6.07) is 26.3. The van der Waals surface area contributed by atoms with Crippen molar-refractivity contribution in [2.24, 2.45) is 0 Å². The highest BCUT2D eigenvalue weighted by atomic mass is 16.5. The van der Waals surface area contributed by atoms with Gasteiger partial charge in [0, 0.05) is 19.5 Å². The van der Waals surface area contributed by atoms with Gasteiger partial charge in [-0.05, 0) is 56.0 Å². The van der Waals surface area contributed by atoms with E-state index in [0.29, 0.717) is 19.6 Å². The summed E-state index contributed by atoms with van der Waals surface area (Å²) < 4.78 is 8.20. The molecule has 0 atom stereocenters. The first-order chi connectivity index (χ1) is 16.7. The average Bonchev–Trinajstić information content (AvgIpc) is 3.21. The van der Waals surface area contributed by atoms with Gasteiger partial charge in [0.1, 0.15) is 11.6 Å². The fourth-order valence-corrected chi connectivity index (χ4v) is 4.08. The molecule has 0 saturated heterocycles. The van der Waals surface area contributed by atoms with E-state index in [1.807, 2.05) is 48.5 Å². The molecule has 1 N–H and O–H groups in total. The van der Waals surface area contributed by atoms with E-state index in [4.69, 9.17) is 9.72 Å². The van der Waals surface area contributed by atoms with Crippen molar-refractivity contribution < 1.29 is 9.53 Å². The Hall–Kier alpha value is -3.60. The number of amides is 1. The maximum Gasteiger partial charge on any atom is 0.224 e. The lowest BCUT2D eigenvalue weighted by molar-refractivity contribution is -0.120. The van der Waals surface area contributed by atoms with Crippen molar-refractivity contribution in [2.45, 2.75) is 45.6 Å². The topological polar surface area (TPSA) is 56.1 Å². The third-order valence-electron chi connectivity index (χ3n) is 5.91. The van der Waals surface area contributed by atoms with Gasteiger partial charge in [-0.15, -0.1) is 0 Å². The Labute approximate surface area is 201 Å². The van der Waals surface area contributed by atoms with Crippen LogP contribution in [0.2, 0.25) is 0 Å². The number of carbonyl (C=O) groups is 1. The number of benzene rings is 3. The molecule has 176 valence electrons. The minimum Gasteiger partial charge on any atom is -0.494 e. The number of para-hydroxylation sites is 2.